The Kier molecular flexibility index (Phi) is 6.63. The van der Waals surface area contributed by atoms with Crippen LogP contribution in [-0.4, -0.2) is 67.1 Å². The Hall–Kier alpha value is -3.17. The summed E-state index contributed by atoms with van der Waals surface area (Å²) in [4.78, 5) is 35.0. The minimum absolute atomic E-state index is 0.0862. The van der Waals surface area contributed by atoms with Crippen molar-refractivity contribution in [3.05, 3.63) is 53.9 Å². The van der Waals surface area contributed by atoms with E-state index in [4.69, 9.17) is 10.6 Å². The molecule has 1 aromatic heterocycles. The van der Waals surface area contributed by atoms with Crippen LogP contribution in [0.3, 0.4) is 0 Å². The van der Waals surface area contributed by atoms with Gasteiger partial charge in [-0.3, -0.25) is 20.1 Å². The van der Waals surface area contributed by atoms with Crippen LogP contribution in [0.1, 0.15) is 16.1 Å². The van der Waals surface area contributed by atoms with E-state index in [1.54, 1.807) is 24.1 Å². The molecule has 0 aliphatic carbocycles. The van der Waals surface area contributed by atoms with Crippen LogP contribution < -0.4 is 20.9 Å². The van der Waals surface area contributed by atoms with Crippen molar-refractivity contribution in [2.45, 2.75) is 6.54 Å². The molecule has 154 valence electrons. The van der Waals surface area contributed by atoms with Crippen LogP contribution in [0.5, 0.6) is 5.75 Å². The first-order valence-corrected chi connectivity index (χ1v) is 9.36. The summed E-state index contributed by atoms with van der Waals surface area (Å²) >= 11 is 0. The van der Waals surface area contributed by atoms with E-state index in [0.717, 1.165) is 18.8 Å². The second kappa shape index (κ2) is 9.35. The van der Waals surface area contributed by atoms with E-state index in [-0.39, 0.29) is 12.6 Å². The number of nitrogen functional groups attached to an aromatic ring is 1. The first-order valence-electron chi connectivity index (χ1n) is 9.36. The lowest BCUT2D eigenvalue weighted by molar-refractivity contribution is 0.0953. The Morgan fingerprint density at radius 2 is 1.97 bits per heavy atom. The standard InChI is InChI=1S/C20H26N6O3/c1-24-8-10-25(11-9-24)20(28)26(17-4-3-5-18(12-17)29-2)14-16-7-6-15(13-22-16)19(27)23-21/h3-7,12-13H,8-11,14,21H2,1-2H3,(H,23,27). The van der Waals surface area contributed by atoms with Gasteiger partial charge in [0.1, 0.15) is 5.75 Å². The van der Waals surface area contributed by atoms with Crippen molar-refractivity contribution in [3.8, 4) is 5.75 Å². The number of amides is 3. The summed E-state index contributed by atoms with van der Waals surface area (Å²) in [6.07, 6.45) is 1.45. The summed E-state index contributed by atoms with van der Waals surface area (Å²) in [5.74, 6) is 5.41. The molecule has 1 fully saturated rings. The van der Waals surface area contributed by atoms with E-state index in [0.29, 0.717) is 30.1 Å². The molecule has 0 bridgehead atoms. The highest BCUT2D eigenvalue weighted by atomic mass is 16.5. The Labute approximate surface area is 170 Å². The third-order valence-electron chi connectivity index (χ3n) is 4.91. The van der Waals surface area contributed by atoms with Crippen molar-refractivity contribution in [3.63, 3.8) is 0 Å². The lowest BCUT2D eigenvalue weighted by atomic mass is 10.2. The minimum atomic E-state index is -0.415. The Balaban J connectivity index is 1.86. The molecule has 0 atom stereocenters. The van der Waals surface area contributed by atoms with Gasteiger partial charge < -0.3 is 14.5 Å². The Bertz CT molecular complexity index is 850. The summed E-state index contributed by atoms with van der Waals surface area (Å²) in [5.41, 5.74) is 3.81. The van der Waals surface area contributed by atoms with Crippen LogP contribution in [0.2, 0.25) is 0 Å². The van der Waals surface area contributed by atoms with Crippen LogP contribution in [0, 0.1) is 0 Å². The molecular formula is C20H26N6O3. The maximum Gasteiger partial charge on any atom is 0.324 e. The van der Waals surface area contributed by atoms with Crippen molar-refractivity contribution >= 4 is 17.6 Å². The van der Waals surface area contributed by atoms with Gasteiger partial charge in [-0.2, -0.15) is 0 Å². The second-order valence-electron chi connectivity index (χ2n) is 6.87. The van der Waals surface area contributed by atoms with Crippen LogP contribution >= 0.6 is 0 Å². The van der Waals surface area contributed by atoms with Crippen molar-refractivity contribution in [2.75, 3.05) is 45.2 Å². The molecule has 29 heavy (non-hydrogen) atoms. The molecule has 0 radical (unpaired) electrons. The summed E-state index contributed by atoms with van der Waals surface area (Å²) in [7, 11) is 3.64. The number of rotatable bonds is 5. The molecule has 1 saturated heterocycles. The van der Waals surface area contributed by atoms with Gasteiger partial charge in [-0.1, -0.05) is 6.07 Å². The number of nitrogens with one attached hydrogen (secondary N) is 1. The van der Waals surface area contributed by atoms with E-state index >= 15 is 0 Å². The SMILES string of the molecule is COc1cccc(N(Cc2ccc(C(=O)NN)cn2)C(=O)N2CCN(C)CC2)c1. The van der Waals surface area contributed by atoms with E-state index in [2.05, 4.69) is 15.3 Å². The first kappa shape index (κ1) is 20.6. The summed E-state index contributed by atoms with van der Waals surface area (Å²) < 4.78 is 5.32. The number of hydrogen-bond donors (Lipinski definition) is 2. The molecule has 3 amide bonds. The minimum Gasteiger partial charge on any atom is -0.497 e. The number of urea groups is 1. The lowest BCUT2D eigenvalue weighted by Crippen LogP contribution is -2.52. The Morgan fingerprint density at radius 3 is 2.59 bits per heavy atom. The molecule has 1 aromatic carbocycles. The number of pyridine rings is 1. The van der Waals surface area contributed by atoms with Crippen molar-refractivity contribution < 1.29 is 14.3 Å². The molecule has 0 saturated carbocycles. The third kappa shape index (κ3) is 5.01. The number of hydrazine groups is 1. The van der Waals surface area contributed by atoms with Gasteiger partial charge in [0.2, 0.25) is 0 Å². The topological polar surface area (TPSA) is 104 Å². The maximum atomic E-state index is 13.3. The van der Waals surface area contributed by atoms with E-state index < -0.39 is 5.91 Å². The normalized spacial score (nSPS) is 14.4. The molecule has 9 nitrogen and oxygen atoms in total. The van der Waals surface area contributed by atoms with E-state index in [9.17, 15) is 9.59 Å². The number of benzene rings is 1. The fourth-order valence-electron chi connectivity index (χ4n) is 3.11. The van der Waals surface area contributed by atoms with Crippen LogP contribution in [0.15, 0.2) is 42.6 Å². The first-order chi connectivity index (χ1) is 14.0. The fraction of sp³-hybridized carbons (Fsp3) is 0.350. The zero-order valence-electron chi connectivity index (χ0n) is 16.7. The zero-order chi connectivity index (χ0) is 20.8. The zero-order valence-corrected chi connectivity index (χ0v) is 16.7. The lowest BCUT2D eigenvalue weighted by Gasteiger charge is -2.36. The van der Waals surface area contributed by atoms with Gasteiger partial charge in [-0.25, -0.2) is 10.6 Å². The molecule has 1 aliphatic rings. The monoisotopic (exact) mass is 398 g/mol. The van der Waals surface area contributed by atoms with Gasteiger partial charge in [0.15, 0.2) is 0 Å². The number of methoxy groups -OCH3 is 1. The number of aromatic nitrogens is 1. The number of anilines is 1. The second-order valence-corrected chi connectivity index (χ2v) is 6.87. The molecular weight excluding hydrogens is 372 g/mol. The number of nitrogens with two attached hydrogens (primary N) is 1. The predicted octanol–water partition coefficient (Wildman–Crippen LogP) is 1.07. The molecule has 2 aromatic rings. The molecule has 3 N–H and O–H groups in total. The third-order valence-corrected chi connectivity index (χ3v) is 4.91. The molecule has 9 heteroatoms. The predicted molar refractivity (Wildman–Crippen MR) is 110 cm³/mol. The number of ether oxygens (including phenoxy) is 1. The van der Waals surface area contributed by atoms with Crippen molar-refractivity contribution in [2.24, 2.45) is 5.84 Å². The van der Waals surface area contributed by atoms with Gasteiger partial charge in [0, 0.05) is 44.1 Å². The molecule has 3 rings (SSSR count). The van der Waals surface area contributed by atoms with Crippen LogP contribution in [0.4, 0.5) is 10.5 Å². The summed E-state index contributed by atoms with van der Waals surface area (Å²) in [5, 5.41) is 0. The fourth-order valence-corrected chi connectivity index (χ4v) is 3.11. The number of carbonyl (C=O) groups excluding carboxylic acids is 2. The van der Waals surface area contributed by atoms with Crippen LogP contribution in [-0.2, 0) is 6.54 Å². The van der Waals surface area contributed by atoms with Gasteiger partial charge in [0.25, 0.3) is 5.91 Å². The average Bonchev–Trinajstić information content (AvgIpc) is 2.77. The number of carbonyl (C=O) groups is 2. The largest absolute Gasteiger partial charge is 0.497 e. The highest BCUT2D eigenvalue weighted by Crippen LogP contribution is 2.24. The van der Waals surface area contributed by atoms with E-state index in [1.807, 2.05) is 36.2 Å². The smallest absolute Gasteiger partial charge is 0.324 e. The van der Waals surface area contributed by atoms with Gasteiger partial charge in [-0.15, -0.1) is 0 Å². The quantitative estimate of drug-likeness (QED) is 0.444. The number of piperazine rings is 1. The number of likely N-dealkylation sites (N-methyl/N-ethyl adjacent to an activating group) is 1. The van der Waals surface area contributed by atoms with E-state index in [1.165, 1.54) is 6.20 Å². The molecule has 1 aliphatic heterocycles. The molecule has 0 spiro atoms. The van der Waals surface area contributed by atoms with Crippen molar-refractivity contribution in [1.82, 2.24) is 20.2 Å². The maximum absolute atomic E-state index is 13.3. The highest BCUT2D eigenvalue weighted by Gasteiger charge is 2.26. The van der Waals surface area contributed by atoms with Gasteiger partial charge in [-0.05, 0) is 31.3 Å². The van der Waals surface area contributed by atoms with Gasteiger partial charge in [0.05, 0.1) is 24.9 Å². The van der Waals surface area contributed by atoms with Gasteiger partial charge >= 0.3 is 6.03 Å². The average molecular weight is 398 g/mol. The number of hydrogen-bond acceptors (Lipinski definition) is 6. The highest BCUT2D eigenvalue weighted by molar-refractivity contribution is 5.93. The number of nitrogens with zero attached hydrogens (tertiary/aromatic N) is 4. The molecule has 2 heterocycles. The molecule has 0 unspecified atom stereocenters. The van der Waals surface area contributed by atoms with Crippen LogP contribution in [0.25, 0.3) is 0 Å². The van der Waals surface area contributed by atoms with Crippen molar-refractivity contribution in [1.29, 1.82) is 0 Å². The Morgan fingerprint density at radius 1 is 1.21 bits per heavy atom. The summed E-state index contributed by atoms with van der Waals surface area (Å²) in [6.45, 7) is 3.26. The summed E-state index contributed by atoms with van der Waals surface area (Å²) in [6, 6.07) is 10.6.